The maximum absolute atomic E-state index is 12.3. The van der Waals surface area contributed by atoms with E-state index in [-0.39, 0.29) is 22.8 Å². The van der Waals surface area contributed by atoms with Gasteiger partial charge in [0.25, 0.3) is 0 Å². The molecule has 20 heavy (non-hydrogen) atoms. The van der Waals surface area contributed by atoms with Crippen LogP contribution in [0.1, 0.15) is 32.3 Å². The summed E-state index contributed by atoms with van der Waals surface area (Å²) in [4.78, 5) is 0.256. The van der Waals surface area contributed by atoms with Crippen molar-refractivity contribution in [2.75, 3.05) is 12.9 Å². The quantitative estimate of drug-likeness (QED) is 0.809. The summed E-state index contributed by atoms with van der Waals surface area (Å²) in [6, 6.07) is 6.59. The highest BCUT2D eigenvalue weighted by Gasteiger charge is 2.22. The summed E-state index contributed by atoms with van der Waals surface area (Å²) in [6.07, 6.45) is 1.85. The van der Waals surface area contributed by atoms with Crippen LogP contribution in [0.25, 0.3) is 0 Å². The second kappa shape index (κ2) is 7.45. The Morgan fingerprint density at radius 2 is 1.75 bits per heavy atom. The van der Waals surface area contributed by atoms with E-state index in [1.54, 1.807) is 19.1 Å². The molecule has 2 N–H and O–H groups in total. The minimum atomic E-state index is -3.54. The third kappa shape index (κ3) is 4.48. The number of sulfonamides is 1. The summed E-state index contributed by atoms with van der Waals surface area (Å²) in [7, 11) is -3.54. The molecule has 0 radical (unpaired) electrons. The Hall–Kier alpha value is -0.560. The molecule has 0 saturated heterocycles. The lowest BCUT2D eigenvalue weighted by Crippen LogP contribution is -2.41. The van der Waals surface area contributed by atoms with Gasteiger partial charge in [0.1, 0.15) is 0 Å². The minimum absolute atomic E-state index is 0.0584. The zero-order valence-electron chi connectivity index (χ0n) is 12.3. The number of benzene rings is 1. The van der Waals surface area contributed by atoms with Crippen LogP contribution in [-0.2, 0) is 10.0 Å². The molecule has 0 aliphatic rings. The Balaban J connectivity index is 2.88. The Bertz CT molecular complexity index is 508. The fourth-order valence-corrected chi connectivity index (χ4v) is 3.85. The molecule has 0 spiro atoms. The Kier molecular flexibility index (Phi) is 6.51. The van der Waals surface area contributed by atoms with E-state index in [0.29, 0.717) is 5.92 Å². The molecule has 1 aromatic carbocycles. The summed E-state index contributed by atoms with van der Waals surface area (Å²) in [5.74, 6) is 0.369. The number of nitrogens with one attached hydrogen (secondary N) is 1. The first-order valence-corrected chi connectivity index (χ1v) is 9.35. The van der Waals surface area contributed by atoms with Gasteiger partial charge >= 0.3 is 0 Å². The van der Waals surface area contributed by atoms with Gasteiger partial charge in [-0.3, -0.25) is 0 Å². The van der Waals surface area contributed by atoms with Crippen LogP contribution < -0.4 is 4.72 Å². The van der Waals surface area contributed by atoms with Gasteiger partial charge in [-0.25, -0.2) is 13.1 Å². The van der Waals surface area contributed by atoms with Crippen LogP contribution in [0.3, 0.4) is 0 Å². The smallest absolute Gasteiger partial charge is 0.240 e. The van der Waals surface area contributed by atoms with Crippen molar-refractivity contribution in [3.05, 3.63) is 29.8 Å². The zero-order chi connectivity index (χ0) is 15.3. The Labute approximate surface area is 126 Å². The average Bonchev–Trinajstić information content (AvgIpc) is 2.39. The number of rotatable bonds is 7. The van der Waals surface area contributed by atoms with E-state index in [4.69, 9.17) is 0 Å². The van der Waals surface area contributed by atoms with Crippen molar-refractivity contribution in [2.45, 2.75) is 42.9 Å². The van der Waals surface area contributed by atoms with Gasteiger partial charge in [-0.1, -0.05) is 26.0 Å². The molecule has 0 saturated carbocycles. The van der Waals surface area contributed by atoms with Crippen molar-refractivity contribution in [3.8, 4) is 0 Å². The molecule has 2 atom stereocenters. The second-order valence-electron chi connectivity index (χ2n) is 5.09. The zero-order valence-corrected chi connectivity index (χ0v) is 14.0. The van der Waals surface area contributed by atoms with E-state index < -0.39 is 10.0 Å². The van der Waals surface area contributed by atoms with Gasteiger partial charge in [-0.2, -0.15) is 11.8 Å². The summed E-state index contributed by atoms with van der Waals surface area (Å²) in [5.41, 5.74) is 1.11. The topological polar surface area (TPSA) is 66.4 Å². The summed E-state index contributed by atoms with van der Waals surface area (Å²) in [5, 5.41) is 9.05. The summed E-state index contributed by atoms with van der Waals surface area (Å²) in [6.45, 7) is 5.83. The molecule has 0 aromatic heterocycles. The molecular formula is C14H23NO3S2. The van der Waals surface area contributed by atoms with E-state index in [1.807, 2.05) is 18.4 Å². The Morgan fingerprint density at radius 1 is 1.20 bits per heavy atom. The fraction of sp³-hybridized carbons (Fsp3) is 0.571. The van der Waals surface area contributed by atoms with Crippen LogP contribution in [0.2, 0.25) is 0 Å². The molecule has 0 fully saturated rings. The van der Waals surface area contributed by atoms with Crippen molar-refractivity contribution in [2.24, 2.45) is 0 Å². The Morgan fingerprint density at radius 3 is 2.15 bits per heavy atom. The van der Waals surface area contributed by atoms with Gasteiger partial charge in [0, 0.05) is 11.3 Å². The first-order chi connectivity index (χ1) is 9.31. The predicted molar refractivity (Wildman–Crippen MR) is 84.7 cm³/mol. The number of hydrogen-bond donors (Lipinski definition) is 2. The van der Waals surface area contributed by atoms with Crippen molar-refractivity contribution >= 4 is 21.8 Å². The standard InChI is InChI=1S/C14H23NO3S2/c1-10(2)12-5-7-13(8-6-12)20(17,18)15-11(3)14(9-16)19-4/h5-8,10-11,14-16H,9H2,1-4H3. The molecule has 1 rings (SSSR count). The minimum Gasteiger partial charge on any atom is -0.395 e. The van der Waals surface area contributed by atoms with Crippen LogP contribution in [0, 0.1) is 0 Å². The monoisotopic (exact) mass is 317 g/mol. The first kappa shape index (κ1) is 17.5. The highest BCUT2D eigenvalue weighted by Crippen LogP contribution is 2.18. The normalized spacial score (nSPS) is 15.3. The van der Waals surface area contributed by atoms with Crippen LogP contribution in [-0.4, -0.2) is 37.7 Å². The summed E-state index contributed by atoms with van der Waals surface area (Å²) < 4.78 is 27.1. The third-order valence-electron chi connectivity index (χ3n) is 3.24. The van der Waals surface area contributed by atoms with Crippen LogP contribution in [0.5, 0.6) is 0 Å². The summed E-state index contributed by atoms with van der Waals surface area (Å²) >= 11 is 1.44. The lowest BCUT2D eigenvalue weighted by Gasteiger charge is -2.21. The number of aliphatic hydroxyl groups excluding tert-OH is 1. The number of hydrogen-bond acceptors (Lipinski definition) is 4. The van der Waals surface area contributed by atoms with E-state index in [1.165, 1.54) is 11.8 Å². The first-order valence-electron chi connectivity index (χ1n) is 6.57. The molecular weight excluding hydrogens is 294 g/mol. The van der Waals surface area contributed by atoms with E-state index in [0.717, 1.165) is 5.56 Å². The lowest BCUT2D eigenvalue weighted by atomic mass is 10.0. The molecule has 0 aliphatic heterocycles. The largest absolute Gasteiger partial charge is 0.395 e. The molecule has 4 nitrogen and oxygen atoms in total. The van der Waals surface area contributed by atoms with Gasteiger partial charge in [-0.05, 0) is 36.8 Å². The van der Waals surface area contributed by atoms with Crippen LogP contribution in [0.4, 0.5) is 0 Å². The van der Waals surface area contributed by atoms with E-state index >= 15 is 0 Å². The highest BCUT2D eigenvalue weighted by molar-refractivity contribution is 7.99. The third-order valence-corrected chi connectivity index (χ3v) is 5.98. The van der Waals surface area contributed by atoms with Crippen LogP contribution in [0.15, 0.2) is 29.2 Å². The number of aliphatic hydroxyl groups is 1. The van der Waals surface area contributed by atoms with Crippen molar-refractivity contribution in [1.29, 1.82) is 0 Å². The van der Waals surface area contributed by atoms with E-state index in [2.05, 4.69) is 18.6 Å². The SMILES string of the molecule is CSC(CO)C(C)NS(=O)(=O)c1ccc(C(C)C)cc1. The molecule has 1 aromatic rings. The predicted octanol–water partition coefficient (Wildman–Crippen LogP) is 2.20. The van der Waals surface area contributed by atoms with Crippen molar-refractivity contribution in [1.82, 2.24) is 4.72 Å². The van der Waals surface area contributed by atoms with E-state index in [9.17, 15) is 13.5 Å². The molecule has 0 bridgehead atoms. The fourth-order valence-electron chi connectivity index (χ4n) is 1.86. The lowest BCUT2D eigenvalue weighted by molar-refractivity contribution is 0.282. The highest BCUT2D eigenvalue weighted by atomic mass is 32.2. The second-order valence-corrected chi connectivity index (χ2v) is 7.88. The van der Waals surface area contributed by atoms with Gasteiger partial charge in [0.15, 0.2) is 0 Å². The molecule has 2 unspecified atom stereocenters. The van der Waals surface area contributed by atoms with Gasteiger partial charge < -0.3 is 5.11 Å². The van der Waals surface area contributed by atoms with Gasteiger partial charge in [0.2, 0.25) is 10.0 Å². The average molecular weight is 317 g/mol. The molecule has 0 heterocycles. The van der Waals surface area contributed by atoms with Crippen molar-refractivity contribution in [3.63, 3.8) is 0 Å². The molecule has 6 heteroatoms. The number of thioether (sulfide) groups is 1. The maximum atomic E-state index is 12.3. The molecule has 0 aliphatic carbocycles. The van der Waals surface area contributed by atoms with Gasteiger partial charge in [-0.15, -0.1) is 0 Å². The van der Waals surface area contributed by atoms with Crippen molar-refractivity contribution < 1.29 is 13.5 Å². The molecule has 114 valence electrons. The molecule has 0 amide bonds. The van der Waals surface area contributed by atoms with Crippen LogP contribution >= 0.6 is 11.8 Å². The van der Waals surface area contributed by atoms with Gasteiger partial charge in [0.05, 0.1) is 11.5 Å². The maximum Gasteiger partial charge on any atom is 0.240 e.